The van der Waals surface area contributed by atoms with E-state index in [2.05, 4.69) is 33.8 Å². The highest BCUT2D eigenvalue weighted by atomic mass is 35.5. The van der Waals surface area contributed by atoms with Crippen molar-refractivity contribution in [2.45, 2.75) is 102 Å². The number of nitrogens with one attached hydrogen (secondary N) is 2. The predicted octanol–water partition coefficient (Wildman–Crippen LogP) is 6.99. The van der Waals surface area contributed by atoms with Gasteiger partial charge in [0.05, 0.1) is 30.3 Å². The molecule has 3 fully saturated rings. The third-order valence-corrected chi connectivity index (χ3v) is 10.4. The van der Waals surface area contributed by atoms with Gasteiger partial charge in [-0.1, -0.05) is 35.7 Å². The van der Waals surface area contributed by atoms with Crippen LogP contribution in [0.3, 0.4) is 0 Å². The fraction of sp³-hybridized carbons (Fsp3) is 0.625. The van der Waals surface area contributed by atoms with E-state index >= 15 is 4.39 Å². The van der Waals surface area contributed by atoms with Crippen LogP contribution in [0.15, 0.2) is 36.7 Å². The second kappa shape index (κ2) is 14.6. The van der Waals surface area contributed by atoms with Gasteiger partial charge in [0.15, 0.2) is 0 Å². The molecular weight excluding hydrogens is 559 g/mol. The number of hydrogen-bond donors (Lipinski definition) is 2. The van der Waals surface area contributed by atoms with Gasteiger partial charge in [-0.05, 0) is 94.7 Å². The van der Waals surface area contributed by atoms with Crippen molar-refractivity contribution < 1.29 is 13.9 Å². The van der Waals surface area contributed by atoms with Crippen LogP contribution in [0.2, 0.25) is 5.02 Å². The zero-order valence-electron chi connectivity index (χ0n) is 24.3. The second-order valence-corrected chi connectivity index (χ2v) is 13.7. The molecule has 5 rings (SSSR count). The Kier molecular flexibility index (Phi) is 11.0. The molecule has 2 aromatic rings. The molecule has 1 saturated carbocycles. The second-order valence-electron chi connectivity index (χ2n) is 12.2. The average molecular weight is 603 g/mol. The maximum absolute atomic E-state index is 15.1. The summed E-state index contributed by atoms with van der Waals surface area (Å²) < 4.78 is 23.6. The lowest BCUT2D eigenvalue weighted by atomic mass is 9.74. The number of pyridine rings is 1. The van der Waals surface area contributed by atoms with Crippen molar-refractivity contribution in [2.75, 3.05) is 24.2 Å². The van der Waals surface area contributed by atoms with Gasteiger partial charge in [-0.3, -0.25) is 9.78 Å². The van der Waals surface area contributed by atoms with Gasteiger partial charge in [0.2, 0.25) is 5.91 Å². The van der Waals surface area contributed by atoms with Gasteiger partial charge in [-0.2, -0.15) is 0 Å². The summed E-state index contributed by atoms with van der Waals surface area (Å²) in [6.45, 7) is 6.12. The number of anilines is 1. The van der Waals surface area contributed by atoms with Crippen LogP contribution in [0.5, 0.6) is 0 Å². The number of carbonyl (C=O) groups excluding carboxylic acids is 1. The highest BCUT2D eigenvalue weighted by Gasteiger charge is 2.32. The lowest BCUT2D eigenvalue weighted by Crippen LogP contribution is -2.53. The van der Waals surface area contributed by atoms with Gasteiger partial charge in [-0.15, -0.1) is 0 Å². The number of ether oxygens (including phenoxy) is 1. The van der Waals surface area contributed by atoms with Gasteiger partial charge in [-0.25, -0.2) is 8.70 Å². The summed E-state index contributed by atoms with van der Waals surface area (Å²) in [6, 6.07) is 8.77. The number of rotatable bonds is 10. The first-order valence-corrected chi connectivity index (χ1v) is 16.6. The average Bonchev–Trinajstić information content (AvgIpc) is 3.14. The third-order valence-electron chi connectivity index (χ3n) is 8.87. The SMILES string of the molecule is CC(C)OC1CCC(C(CC(=O)Nc2cncc(F)c2CCC2CN[C@@H]3CCCSN2C3)c2ccc(Cl)cc2)CC1. The maximum atomic E-state index is 15.1. The van der Waals surface area contributed by atoms with Crippen LogP contribution in [-0.2, 0) is 16.0 Å². The molecule has 2 saturated heterocycles. The quantitative estimate of drug-likeness (QED) is 0.286. The van der Waals surface area contributed by atoms with E-state index in [0.29, 0.717) is 47.1 Å². The van der Waals surface area contributed by atoms with E-state index < -0.39 is 0 Å². The molecule has 4 atom stereocenters. The first-order chi connectivity index (χ1) is 19.9. The molecule has 0 spiro atoms. The smallest absolute Gasteiger partial charge is 0.225 e. The molecule has 224 valence electrons. The summed E-state index contributed by atoms with van der Waals surface area (Å²) in [5.41, 5.74) is 2.15. The highest BCUT2D eigenvalue weighted by molar-refractivity contribution is 7.97. The highest BCUT2D eigenvalue weighted by Crippen LogP contribution is 2.40. The van der Waals surface area contributed by atoms with E-state index in [9.17, 15) is 4.79 Å². The monoisotopic (exact) mass is 602 g/mol. The minimum absolute atomic E-state index is 0.0542. The molecule has 1 aliphatic carbocycles. The molecular formula is C32H44ClFN4O2S. The van der Waals surface area contributed by atoms with Crippen LogP contribution in [0, 0.1) is 11.7 Å². The molecule has 3 aliphatic rings. The number of piperazine rings is 1. The van der Waals surface area contributed by atoms with Gasteiger partial charge in [0.25, 0.3) is 0 Å². The summed E-state index contributed by atoms with van der Waals surface area (Å²) >= 11 is 8.12. The number of carbonyl (C=O) groups is 1. The molecule has 2 aliphatic heterocycles. The minimum Gasteiger partial charge on any atom is -0.376 e. The Morgan fingerprint density at radius 2 is 1.98 bits per heavy atom. The lowest BCUT2D eigenvalue weighted by molar-refractivity contribution is -0.117. The minimum atomic E-state index is -0.356. The van der Waals surface area contributed by atoms with Crippen molar-refractivity contribution in [1.82, 2.24) is 14.6 Å². The summed E-state index contributed by atoms with van der Waals surface area (Å²) in [4.78, 5) is 17.6. The van der Waals surface area contributed by atoms with Crippen molar-refractivity contribution in [2.24, 2.45) is 5.92 Å². The van der Waals surface area contributed by atoms with Gasteiger partial charge in [0, 0.05) is 47.9 Å². The Hall–Kier alpha value is -1.71. The molecule has 3 heterocycles. The van der Waals surface area contributed by atoms with Gasteiger partial charge in [0.1, 0.15) is 5.82 Å². The molecule has 0 radical (unpaired) electrons. The van der Waals surface area contributed by atoms with E-state index in [0.717, 1.165) is 56.5 Å². The molecule has 9 heteroatoms. The molecule has 41 heavy (non-hydrogen) atoms. The van der Waals surface area contributed by atoms with E-state index in [1.54, 1.807) is 6.20 Å². The Labute approximate surface area is 253 Å². The van der Waals surface area contributed by atoms with E-state index in [1.165, 1.54) is 19.0 Å². The summed E-state index contributed by atoms with van der Waals surface area (Å²) in [5, 5.41) is 7.41. The number of halogens is 2. The molecule has 1 aromatic heterocycles. The number of amides is 1. The van der Waals surface area contributed by atoms with Gasteiger partial charge < -0.3 is 15.4 Å². The third kappa shape index (κ3) is 8.44. The molecule has 2 N–H and O–H groups in total. The van der Waals surface area contributed by atoms with Crippen LogP contribution in [0.25, 0.3) is 0 Å². The van der Waals surface area contributed by atoms with Crippen LogP contribution < -0.4 is 10.6 Å². The first kappa shape index (κ1) is 30.7. The number of benzene rings is 1. The van der Waals surface area contributed by atoms with Crippen LogP contribution >= 0.6 is 23.5 Å². The largest absolute Gasteiger partial charge is 0.376 e. The predicted molar refractivity (Wildman–Crippen MR) is 166 cm³/mol. The number of aromatic nitrogens is 1. The molecule has 1 amide bonds. The first-order valence-electron chi connectivity index (χ1n) is 15.3. The Morgan fingerprint density at radius 1 is 1.20 bits per heavy atom. The summed E-state index contributed by atoms with van der Waals surface area (Å²) in [6.07, 6.45) is 11.5. The molecule has 6 nitrogen and oxygen atoms in total. The summed E-state index contributed by atoms with van der Waals surface area (Å²) in [7, 11) is 0. The Bertz CT molecular complexity index is 1150. The fourth-order valence-electron chi connectivity index (χ4n) is 6.76. The van der Waals surface area contributed by atoms with E-state index in [4.69, 9.17) is 16.3 Å². The van der Waals surface area contributed by atoms with Crippen LogP contribution in [-0.4, -0.2) is 58.3 Å². The van der Waals surface area contributed by atoms with Gasteiger partial charge >= 0.3 is 0 Å². The van der Waals surface area contributed by atoms with Crippen LogP contribution in [0.4, 0.5) is 10.1 Å². The Balaban J connectivity index is 1.25. The van der Waals surface area contributed by atoms with Crippen molar-refractivity contribution in [3.63, 3.8) is 0 Å². The number of nitrogens with zero attached hydrogens (tertiary/aromatic N) is 2. The van der Waals surface area contributed by atoms with Crippen molar-refractivity contribution >= 4 is 35.1 Å². The van der Waals surface area contributed by atoms with Crippen molar-refractivity contribution in [3.05, 3.63) is 58.6 Å². The standard InChI is InChI=1S/C32H44ClFN4O2S/c1-21(2)40-27-12-7-23(8-13-27)29(22-5-9-24(33)10-6-22)16-32(39)37-31-19-35-18-30(34)28(31)14-11-26-17-36-25-4-3-15-41-38(26)20-25/h5-6,9-10,18-19,21,23,25-27,29,36H,3-4,7-8,11-17,20H2,1-2H3,(H,37,39)/t23?,25-,26?,27?,29?/m1/s1. The maximum Gasteiger partial charge on any atom is 0.225 e. The molecule has 1 aromatic carbocycles. The topological polar surface area (TPSA) is 66.5 Å². The zero-order valence-corrected chi connectivity index (χ0v) is 25.9. The normalized spacial score (nSPS) is 27.3. The number of hydrogen-bond acceptors (Lipinski definition) is 6. The summed E-state index contributed by atoms with van der Waals surface area (Å²) in [5.74, 6) is 1.10. The Morgan fingerprint density at radius 3 is 2.73 bits per heavy atom. The fourth-order valence-corrected chi connectivity index (χ4v) is 8.09. The number of fused-ring (bicyclic) bond motifs is 2. The lowest BCUT2D eigenvalue weighted by Gasteiger charge is -2.37. The van der Waals surface area contributed by atoms with E-state index in [1.807, 2.05) is 36.2 Å². The van der Waals surface area contributed by atoms with Crippen LogP contribution in [0.1, 0.15) is 82.3 Å². The van der Waals surface area contributed by atoms with E-state index in [-0.39, 0.29) is 29.9 Å². The zero-order chi connectivity index (χ0) is 28.8. The molecule has 2 bridgehead atoms. The van der Waals surface area contributed by atoms with Crippen molar-refractivity contribution in [3.8, 4) is 0 Å². The molecule has 3 unspecified atom stereocenters. The van der Waals surface area contributed by atoms with Crippen molar-refractivity contribution in [1.29, 1.82) is 0 Å².